The van der Waals surface area contributed by atoms with E-state index in [-0.39, 0.29) is 40.8 Å². The number of nitrogens with two attached hydrogens (primary N) is 1. The fraction of sp³-hybridized carbons (Fsp3) is 0.452. The van der Waals surface area contributed by atoms with Crippen LogP contribution in [0.25, 0.3) is 0 Å². The summed E-state index contributed by atoms with van der Waals surface area (Å²) in [5.74, 6) is -1.61. The molecule has 0 saturated heterocycles. The van der Waals surface area contributed by atoms with E-state index in [2.05, 4.69) is 16.9 Å². The number of phenolic OH excluding ortho intramolecular Hbond substituents is 2. The number of nitrogens with zero attached hydrogens (tertiary/aromatic N) is 1. The molecule has 1 aromatic rings. The molecule has 2 bridgehead atoms. The number of aliphatic imine (C=N–C) groups is 1. The molecule has 0 spiro atoms. The summed E-state index contributed by atoms with van der Waals surface area (Å²) in [4.78, 5) is 29.0. The molecule has 2 rings (SSSR count). The highest BCUT2D eigenvalue weighted by Gasteiger charge is 2.30. The number of carbonyl (C=O) groups excluding carboxylic acids is 2. The number of primary amides is 1. The number of ether oxygens (including phenoxy) is 3. The van der Waals surface area contributed by atoms with E-state index in [0.29, 0.717) is 17.6 Å². The van der Waals surface area contributed by atoms with Crippen LogP contribution in [0.1, 0.15) is 39.7 Å². The SMILES string of the molecule is C=CC=Nc1c(O)cc2c(O)c1CC(C)C[C@H](OC)C(O)C(C)C=C(C)[C@H](OC(N)=O)[C@@H](OC)/C=C\C=C(/C)C(=O)N2. The second-order valence-electron chi connectivity index (χ2n) is 10.5. The highest BCUT2D eigenvalue weighted by Crippen LogP contribution is 2.44. The molecule has 1 heterocycles. The Morgan fingerprint density at radius 2 is 1.90 bits per heavy atom. The number of nitrogens with one attached hydrogen (secondary N) is 1. The van der Waals surface area contributed by atoms with E-state index in [1.54, 1.807) is 32.1 Å². The lowest BCUT2D eigenvalue weighted by Crippen LogP contribution is -2.37. The summed E-state index contributed by atoms with van der Waals surface area (Å²) in [6, 6.07) is 1.23. The van der Waals surface area contributed by atoms with Crippen LogP contribution >= 0.6 is 0 Å². The first-order valence-electron chi connectivity index (χ1n) is 13.6. The summed E-state index contributed by atoms with van der Waals surface area (Å²) in [6.45, 7) is 10.6. The van der Waals surface area contributed by atoms with E-state index in [9.17, 15) is 24.9 Å². The molecule has 0 radical (unpaired) electrons. The average molecular weight is 586 g/mol. The first kappa shape index (κ1) is 34.3. The first-order valence-corrected chi connectivity index (χ1v) is 13.6. The van der Waals surface area contributed by atoms with Gasteiger partial charge in [-0.3, -0.25) is 9.79 Å². The number of hydrogen-bond acceptors (Lipinski definition) is 9. The maximum absolute atomic E-state index is 13.0. The summed E-state index contributed by atoms with van der Waals surface area (Å²) in [5.41, 5.74) is 6.69. The number of allylic oxidation sites excluding steroid dienone is 3. The lowest BCUT2D eigenvalue weighted by molar-refractivity contribution is -0.112. The van der Waals surface area contributed by atoms with Gasteiger partial charge in [0.2, 0.25) is 0 Å². The zero-order valence-corrected chi connectivity index (χ0v) is 25.0. The molecule has 0 fully saturated rings. The molecule has 0 saturated carbocycles. The predicted molar refractivity (Wildman–Crippen MR) is 162 cm³/mol. The Morgan fingerprint density at radius 1 is 1.21 bits per heavy atom. The van der Waals surface area contributed by atoms with Gasteiger partial charge >= 0.3 is 6.09 Å². The Bertz CT molecular complexity index is 1250. The van der Waals surface area contributed by atoms with Gasteiger partial charge in [0.15, 0.2) is 6.10 Å². The maximum atomic E-state index is 13.0. The number of aromatic hydroxyl groups is 2. The van der Waals surface area contributed by atoms with Gasteiger partial charge in [0.1, 0.15) is 23.3 Å². The van der Waals surface area contributed by atoms with Crippen LogP contribution in [0.3, 0.4) is 0 Å². The third kappa shape index (κ3) is 9.04. The topological polar surface area (TPSA) is 173 Å². The smallest absolute Gasteiger partial charge is 0.405 e. The number of amides is 2. The van der Waals surface area contributed by atoms with Crippen LogP contribution in [0.2, 0.25) is 0 Å². The number of phenols is 2. The Hall–Kier alpha value is -3.93. The van der Waals surface area contributed by atoms with Gasteiger partial charge in [-0.2, -0.15) is 0 Å². The molecule has 1 aliphatic heterocycles. The fourth-order valence-electron chi connectivity index (χ4n) is 4.87. The molecule has 6 atom stereocenters. The zero-order valence-electron chi connectivity index (χ0n) is 25.0. The van der Waals surface area contributed by atoms with Gasteiger partial charge in [-0.05, 0) is 38.2 Å². The quantitative estimate of drug-likeness (QED) is 0.146. The van der Waals surface area contributed by atoms with Gasteiger partial charge in [0.05, 0.1) is 17.9 Å². The van der Waals surface area contributed by atoms with Gasteiger partial charge in [-0.25, -0.2) is 4.79 Å². The van der Waals surface area contributed by atoms with E-state index in [1.165, 1.54) is 38.7 Å². The number of carbonyl (C=O) groups is 2. The van der Waals surface area contributed by atoms with Crippen molar-refractivity contribution < 1.29 is 39.1 Å². The van der Waals surface area contributed by atoms with Crippen LogP contribution in [-0.2, 0) is 25.4 Å². The summed E-state index contributed by atoms with van der Waals surface area (Å²) in [6.07, 6.45) is 5.69. The van der Waals surface area contributed by atoms with Crippen LogP contribution in [0.4, 0.5) is 16.2 Å². The highest BCUT2D eigenvalue weighted by atomic mass is 16.6. The summed E-state index contributed by atoms with van der Waals surface area (Å²) >= 11 is 0. The Morgan fingerprint density at radius 3 is 2.50 bits per heavy atom. The zero-order chi connectivity index (χ0) is 31.6. The van der Waals surface area contributed by atoms with Crippen molar-refractivity contribution in [3.8, 4) is 11.5 Å². The molecule has 0 aromatic heterocycles. The maximum Gasteiger partial charge on any atom is 0.405 e. The van der Waals surface area contributed by atoms with E-state index in [0.717, 1.165) is 0 Å². The number of methoxy groups -OCH3 is 2. The Balaban J connectivity index is 2.69. The van der Waals surface area contributed by atoms with E-state index >= 15 is 0 Å². The van der Waals surface area contributed by atoms with Crippen molar-refractivity contribution in [3.05, 3.63) is 59.7 Å². The predicted octanol–water partition coefficient (Wildman–Crippen LogP) is 4.45. The molecule has 11 heteroatoms. The molecule has 3 unspecified atom stereocenters. The second-order valence-corrected chi connectivity index (χ2v) is 10.5. The molecule has 1 aliphatic rings. The third-order valence-corrected chi connectivity index (χ3v) is 7.11. The number of fused-ring (bicyclic) bond motifs is 2. The molecular formula is C31H43N3O8. The van der Waals surface area contributed by atoms with Crippen molar-refractivity contribution in [1.82, 2.24) is 0 Å². The number of anilines is 1. The molecule has 42 heavy (non-hydrogen) atoms. The van der Waals surface area contributed by atoms with Crippen molar-refractivity contribution in [3.63, 3.8) is 0 Å². The van der Waals surface area contributed by atoms with Gasteiger partial charge in [0, 0.05) is 43.6 Å². The van der Waals surface area contributed by atoms with Gasteiger partial charge in [-0.1, -0.05) is 50.8 Å². The van der Waals surface area contributed by atoms with Crippen LogP contribution in [0.15, 0.2) is 59.2 Å². The molecule has 11 nitrogen and oxygen atoms in total. The number of benzene rings is 1. The number of aliphatic hydroxyl groups is 1. The highest BCUT2D eigenvalue weighted by molar-refractivity contribution is 6.04. The largest absolute Gasteiger partial charge is 0.506 e. The van der Waals surface area contributed by atoms with Crippen molar-refractivity contribution >= 4 is 29.6 Å². The Kier molecular flexibility index (Phi) is 13.0. The molecule has 1 aromatic carbocycles. The van der Waals surface area contributed by atoms with Crippen molar-refractivity contribution in [2.24, 2.45) is 22.6 Å². The van der Waals surface area contributed by atoms with Gasteiger partial charge in [-0.15, -0.1) is 0 Å². The summed E-state index contributed by atoms with van der Waals surface area (Å²) < 4.78 is 16.6. The summed E-state index contributed by atoms with van der Waals surface area (Å²) in [5, 5.41) is 35.9. The minimum atomic E-state index is -0.994. The molecular weight excluding hydrogens is 542 g/mol. The van der Waals surface area contributed by atoms with E-state index < -0.39 is 42.3 Å². The van der Waals surface area contributed by atoms with Crippen molar-refractivity contribution in [1.29, 1.82) is 0 Å². The van der Waals surface area contributed by atoms with Crippen LogP contribution < -0.4 is 11.1 Å². The van der Waals surface area contributed by atoms with Gasteiger partial charge < -0.3 is 40.6 Å². The van der Waals surface area contributed by atoms with Crippen LogP contribution in [0.5, 0.6) is 11.5 Å². The Labute approximate surface area is 247 Å². The monoisotopic (exact) mass is 585 g/mol. The third-order valence-electron chi connectivity index (χ3n) is 7.11. The fourth-order valence-corrected chi connectivity index (χ4v) is 4.87. The van der Waals surface area contributed by atoms with Crippen LogP contribution in [0, 0.1) is 11.8 Å². The number of hydrogen-bond donors (Lipinski definition) is 5. The molecule has 230 valence electrons. The standard InChI is InChI=1S/C31H43N3O8/c1-8-12-33-26-21-13-17(2)14-25(41-7)27(36)19(4)15-20(5)29(42-31(32)39)24(40-6)11-9-10-18(3)30(38)34-22(28(21)37)16-23(26)35/h8-12,15-17,19,24-25,27,29,35-37H,1,13-14H2,2-7H3,(H2,32,39)(H,34,38)/b11-9-,18-10+,20-15?,33-12?/t17?,19?,24-,25-,27?,29-/m0/s1. The normalized spacial score (nSPS) is 28.3. The van der Waals surface area contributed by atoms with E-state index in [1.807, 2.05) is 13.8 Å². The van der Waals surface area contributed by atoms with Crippen molar-refractivity contribution in [2.45, 2.75) is 65.0 Å². The minimum Gasteiger partial charge on any atom is -0.506 e. The lowest BCUT2D eigenvalue weighted by atomic mass is 9.87. The number of aliphatic hydroxyl groups excluding tert-OH is 1. The molecule has 2 amide bonds. The number of rotatable bonds is 5. The van der Waals surface area contributed by atoms with Crippen LogP contribution in [-0.4, -0.2) is 72.2 Å². The molecule has 0 aliphatic carbocycles. The van der Waals surface area contributed by atoms with E-state index in [4.69, 9.17) is 19.9 Å². The second kappa shape index (κ2) is 15.9. The molecule has 6 N–H and O–H groups in total. The minimum absolute atomic E-state index is 0.00774. The van der Waals surface area contributed by atoms with Gasteiger partial charge in [0.25, 0.3) is 5.91 Å². The lowest BCUT2D eigenvalue weighted by Gasteiger charge is -2.29. The van der Waals surface area contributed by atoms with Crippen molar-refractivity contribution in [2.75, 3.05) is 19.5 Å². The summed E-state index contributed by atoms with van der Waals surface area (Å²) in [7, 11) is 2.94. The average Bonchev–Trinajstić information content (AvgIpc) is 2.94. The first-order chi connectivity index (χ1) is 19.8.